The number of allylic oxidation sites excluding steroid dienone is 4. The van der Waals surface area contributed by atoms with Crippen molar-refractivity contribution < 1.29 is 14.6 Å². The lowest BCUT2D eigenvalue weighted by Crippen LogP contribution is -2.51. The number of likely N-dealkylation sites (tertiary alicyclic amines) is 1. The van der Waals surface area contributed by atoms with Crippen molar-refractivity contribution in [3.63, 3.8) is 0 Å². The summed E-state index contributed by atoms with van der Waals surface area (Å²) in [7, 11) is 3.42. The van der Waals surface area contributed by atoms with Crippen molar-refractivity contribution in [2.24, 2.45) is 16.9 Å². The quantitative estimate of drug-likeness (QED) is 0.784. The molecule has 1 aromatic heterocycles. The van der Waals surface area contributed by atoms with Crippen LogP contribution in [0.25, 0.3) is 0 Å². The van der Waals surface area contributed by atoms with Crippen molar-refractivity contribution in [2.45, 2.75) is 32.3 Å². The van der Waals surface area contributed by atoms with Gasteiger partial charge in [-0.15, -0.1) is 0 Å². The number of fused-ring (bicyclic) bond motifs is 1. The van der Waals surface area contributed by atoms with E-state index in [0.29, 0.717) is 25.3 Å². The topological polar surface area (TPSA) is 94.4 Å². The molecule has 0 bridgehead atoms. The predicted molar refractivity (Wildman–Crippen MR) is 117 cm³/mol. The normalized spacial score (nSPS) is 26.3. The lowest BCUT2D eigenvalue weighted by molar-refractivity contribution is -0.132. The van der Waals surface area contributed by atoms with Crippen molar-refractivity contribution >= 4 is 23.8 Å². The van der Waals surface area contributed by atoms with Crippen LogP contribution in [0, 0.1) is 11.8 Å². The van der Waals surface area contributed by atoms with Gasteiger partial charge in [-0.2, -0.15) is 15.1 Å². The molecule has 0 saturated carbocycles. The van der Waals surface area contributed by atoms with Crippen LogP contribution in [0.5, 0.6) is 6.01 Å². The molecule has 4 heterocycles. The van der Waals surface area contributed by atoms with Gasteiger partial charge in [0.25, 0.3) is 0 Å². The third-order valence-corrected chi connectivity index (χ3v) is 6.67. The van der Waals surface area contributed by atoms with Crippen LogP contribution in [0.4, 0.5) is 11.6 Å². The average Bonchev–Trinajstić information content (AvgIpc) is 3.15. The van der Waals surface area contributed by atoms with E-state index < -0.39 is 0 Å². The van der Waals surface area contributed by atoms with E-state index in [9.17, 15) is 9.90 Å². The molecule has 0 radical (unpaired) electrons. The van der Waals surface area contributed by atoms with Crippen LogP contribution in [0.1, 0.15) is 26.2 Å². The number of β-amino-alcohol motifs (C(OH)–C–C–N with tert-alkyl or cyclic N) is 1. The number of aromatic nitrogens is 2. The molecule has 1 amide bonds. The molecule has 2 atom stereocenters. The van der Waals surface area contributed by atoms with Crippen molar-refractivity contribution in [3.8, 4) is 6.01 Å². The standard InChI is InChI=1S/C22H28N6O3/c1-13-6-15-10-23-28(18(15)8-17(13)14-4-5-26(2)21(30)7-14)20-9-19(24-22(25-20)31-3)27-11-16(29)12-27/h8-10,14-16,29H,4-7,11-12H2,1-3H3. The maximum atomic E-state index is 12.3. The fourth-order valence-electron chi connectivity index (χ4n) is 4.77. The summed E-state index contributed by atoms with van der Waals surface area (Å²) >= 11 is 0. The number of rotatable bonds is 4. The molecule has 0 spiro atoms. The Morgan fingerprint density at radius 3 is 2.68 bits per heavy atom. The summed E-state index contributed by atoms with van der Waals surface area (Å²) in [5.41, 5.74) is 3.66. The van der Waals surface area contributed by atoms with Crippen molar-refractivity contribution in [1.29, 1.82) is 0 Å². The molecule has 5 rings (SSSR count). The monoisotopic (exact) mass is 424 g/mol. The zero-order valence-corrected chi connectivity index (χ0v) is 18.2. The molecule has 2 saturated heterocycles. The minimum absolute atomic E-state index is 0.195. The maximum absolute atomic E-state index is 12.3. The molecule has 0 aromatic carbocycles. The number of carbonyl (C=O) groups is 1. The van der Waals surface area contributed by atoms with Gasteiger partial charge in [0, 0.05) is 51.3 Å². The number of carbonyl (C=O) groups excluding carboxylic acids is 1. The Kier molecular flexibility index (Phi) is 4.92. The highest BCUT2D eigenvalue weighted by atomic mass is 16.5. The second-order valence-corrected chi connectivity index (χ2v) is 8.83. The molecule has 9 nitrogen and oxygen atoms in total. The summed E-state index contributed by atoms with van der Waals surface area (Å²) in [4.78, 5) is 25.1. The van der Waals surface area contributed by atoms with E-state index in [1.807, 2.05) is 34.1 Å². The smallest absolute Gasteiger partial charge is 0.320 e. The van der Waals surface area contributed by atoms with Gasteiger partial charge in [-0.25, -0.2) is 5.01 Å². The lowest BCUT2D eigenvalue weighted by Gasteiger charge is -2.37. The third-order valence-electron chi connectivity index (χ3n) is 6.67. The lowest BCUT2D eigenvalue weighted by atomic mass is 9.79. The van der Waals surface area contributed by atoms with Crippen molar-refractivity contribution in [1.82, 2.24) is 14.9 Å². The van der Waals surface area contributed by atoms with Crippen LogP contribution < -0.4 is 14.6 Å². The van der Waals surface area contributed by atoms with E-state index in [-0.39, 0.29) is 29.9 Å². The van der Waals surface area contributed by atoms with Crippen LogP contribution in [0.2, 0.25) is 0 Å². The Bertz CT molecular complexity index is 997. The Morgan fingerprint density at radius 1 is 1.19 bits per heavy atom. The number of ether oxygens (including phenoxy) is 1. The molecule has 2 fully saturated rings. The molecule has 2 unspecified atom stereocenters. The zero-order chi connectivity index (χ0) is 21.7. The fourth-order valence-corrected chi connectivity index (χ4v) is 4.77. The van der Waals surface area contributed by atoms with Gasteiger partial charge < -0.3 is 19.6 Å². The number of nitrogens with zero attached hydrogens (tertiary/aromatic N) is 6. The first-order chi connectivity index (χ1) is 14.9. The van der Waals surface area contributed by atoms with Gasteiger partial charge in [-0.05, 0) is 37.3 Å². The Labute approximate surface area is 181 Å². The van der Waals surface area contributed by atoms with E-state index in [1.165, 1.54) is 11.1 Å². The highest BCUT2D eigenvalue weighted by Gasteiger charge is 2.35. The van der Waals surface area contributed by atoms with Crippen LogP contribution >= 0.6 is 0 Å². The minimum atomic E-state index is -0.326. The molecule has 3 aliphatic heterocycles. The first-order valence-corrected chi connectivity index (χ1v) is 10.8. The van der Waals surface area contributed by atoms with E-state index >= 15 is 0 Å². The molecule has 1 aromatic rings. The first kappa shape index (κ1) is 20.0. The second-order valence-electron chi connectivity index (χ2n) is 8.83. The molecule has 4 aliphatic rings. The summed E-state index contributed by atoms with van der Waals surface area (Å²) in [5, 5.41) is 16.2. The van der Waals surface area contributed by atoms with Crippen LogP contribution in [-0.2, 0) is 4.79 Å². The Hall–Kier alpha value is -2.94. The molecule has 9 heteroatoms. The minimum Gasteiger partial charge on any atom is -0.467 e. The summed E-state index contributed by atoms with van der Waals surface area (Å²) in [6, 6.07) is 2.16. The number of methoxy groups -OCH3 is 1. The highest BCUT2D eigenvalue weighted by molar-refractivity contribution is 5.79. The number of amides is 1. The van der Waals surface area contributed by atoms with Gasteiger partial charge in [0.2, 0.25) is 5.91 Å². The molecule has 31 heavy (non-hydrogen) atoms. The number of hydrazone groups is 1. The van der Waals surface area contributed by atoms with Gasteiger partial charge in [0.1, 0.15) is 5.82 Å². The zero-order valence-electron chi connectivity index (χ0n) is 18.2. The van der Waals surface area contributed by atoms with Gasteiger partial charge in [0.05, 0.1) is 18.9 Å². The van der Waals surface area contributed by atoms with Crippen molar-refractivity contribution in [2.75, 3.05) is 43.7 Å². The van der Waals surface area contributed by atoms with E-state index in [2.05, 4.69) is 28.1 Å². The summed E-state index contributed by atoms with van der Waals surface area (Å²) in [6.45, 7) is 4.05. The van der Waals surface area contributed by atoms with Gasteiger partial charge in [0.15, 0.2) is 5.82 Å². The molecule has 164 valence electrons. The van der Waals surface area contributed by atoms with Gasteiger partial charge >= 0.3 is 6.01 Å². The molecular formula is C22H28N6O3. The largest absolute Gasteiger partial charge is 0.467 e. The SMILES string of the molecule is COc1nc(N2CC(O)C2)cc(N2N=CC3CC(C)=C(C4CCN(C)C(=O)C4)C=C32)n1. The maximum Gasteiger partial charge on any atom is 0.320 e. The Morgan fingerprint density at radius 2 is 1.97 bits per heavy atom. The number of aliphatic hydroxyl groups excluding tert-OH is 1. The fraction of sp³-hybridized carbons (Fsp3) is 0.545. The number of anilines is 2. The first-order valence-electron chi connectivity index (χ1n) is 10.8. The second kappa shape index (κ2) is 7.64. The van der Waals surface area contributed by atoms with Crippen LogP contribution in [0.3, 0.4) is 0 Å². The predicted octanol–water partition coefficient (Wildman–Crippen LogP) is 1.56. The van der Waals surface area contributed by atoms with E-state index in [1.54, 1.807) is 7.11 Å². The summed E-state index contributed by atoms with van der Waals surface area (Å²) in [6.07, 6.45) is 6.28. The molecular weight excluding hydrogens is 396 g/mol. The highest BCUT2D eigenvalue weighted by Crippen LogP contribution is 2.41. The Balaban J connectivity index is 1.46. The number of aliphatic hydroxyl groups is 1. The van der Waals surface area contributed by atoms with Crippen molar-refractivity contribution in [3.05, 3.63) is 29.0 Å². The van der Waals surface area contributed by atoms with Gasteiger partial charge in [-0.3, -0.25) is 4.79 Å². The van der Waals surface area contributed by atoms with Crippen LogP contribution in [-0.4, -0.2) is 72.0 Å². The van der Waals surface area contributed by atoms with Crippen LogP contribution in [0.15, 0.2) is 34.1 Å². The summed E-state index contributed by atoms with van der Waals surface area (Å²) in [5.74, 6) is 2.01. The number of hydrogen-bond acceptors (Lipinski definition) is 8. The van der Waals surface area contributed by atoms with E-state index in [4.69, 9.17) is 4.74 Å². The third kappa shape index (κ3) is 3.56. The molecule has 1 N–H and O–H groups in total. The van der Waals surface area contributed by atoms with E-state index in [0.717, 1.165) is 30.9 Å². The molecule has 1 aliphatic carbocycles. The van der Waals surface area contributed by atoms with Gasteiger partial charge in [-0.1, -0.05) is 5.57 Å². The number of piperidine rings is 1. The summed E-state index contributed by atoms with van der Waals surface area (Å²) < 4.78 is 5.33. The average molecular weight is 425 g/mol. The number of hydrogen-bond donors (Lipinski definition) is 1.